The third-order valence-electron chi connectivity index (χ3n) is 4.75. The van der Waals surface area contributed by atoms with Crippen molar-refractivity contribution in [1.82, 2.24) is 15.2 Å². The van der Waals surface area contributed by atoms with E-state index in [-0.39, 0.29) is 17.1 Å². The van der Waals surface area contributed by atoms with Crippen LogP contribution in [-0.2, 0) is 12.5 Å². The summed E-state index contributed by atoms with van der Waals surface area (Å²) in [5.41, 5.74) is 6.49. The lowest BCUT2D eigenvalue weighted by Crippen LogP contribution is -2.19. The Balaban J connectivity index is 1.86. The lowest BCUT2D eigenvalue weighted by molar-refractivity contribution is 0.0955. The summed E-state index contributed by atoms with van der Waals surface area (Å²) in [5, 5.41) is 19.3. The van der Waals surface area contributed by atoms with Gasteiger partial charge in [0.2, 0.25) is 0 Å². The standard InChI is InChI=1S/C23H26N4O2/c1-15(24-25-22(29)17-9-7-6-8-10-17)19-21(28)20(27(5)26-19)16-11-13-18(14-12-16)23(2,3)4/h6-14,28H,1-5H3,(H,25,29). The van der Waals surface area contributed by atoms with Gasteiger partial charge < -0.3 is 5.11 Å². The molecule has 0 aliphatic rings. The van der Waals surface area contributed by atoms with E-state index in [4.69, 9.17) is 0 Å². The highest BCUT2D eigenvalue weighted by Crippen LogP contribution is 2.33. The van der Waals surface area contributed by atoms with E-state index in [1.54, 1.807) is 42.9 Å². The molecule has 0 atom stereocenters. The molecule has 29 heavy (non-hydrogen) atoms. The van der Waals surface area contributed by atoms with Crippen molar-refractivity contribution in [3.63, 3.8) is 0 Å². The van der Waals surface area contributed by atoms with E-state index in [1.165, 1.54) is 5.56 Å². The molecule has 2 N–H and O–H groups in total. The fourth-order valence-electron chi connectivity index (χ4n) is 3.05. The molecule has 1 amide bonds. The molecule has 3 rings (SSSR count). The van der Waals surface area contributed by atoms with Crippen LogP contribution in [-0.4, -0.2) is 26.5 Å². The van der Waals surface area contributed by atoms with Gasteiger partial charge in [-0.3, -0.25) is 9.48 Å². The average molecular weight is 390 g/mol. The number of hydrogen-bond acceptors (Lipinski definition) is 4. The van der Waals surface area contributed by atoms with Gasteiger partial charge in [-0.05, 0) is 30.0 Å². The zero-order valence-corrected chi connectivity index (χ0v) is 17.4. The van der Waals surface area contributed by atoms with Crippen LogP contribution in [0.1, 0.15) is 49.3 Å². The Morgan fingerprint density at radius 2 is 1.69 bits per heavy atom. The van der Waals surface area contributed by atoms with Crippen LogP contribution < -0.4 is 5.43 Å². The molecule has 0 spiro atoms. The van der Waals surface area contributed by atoms with Crippen molar-refractivity contribution in [3.8, 4) is 17.0 Å². The zero-order valence-electron chi connectivity index (χ0n) is 17.4. The van der Waals surface area contributed by atoms with E-state index < -0.39 is 0 Å². The van der Waals surface area contributed by atoms with Crippen molar-refractivity contribution in [3.05, 3.63) is 71.4 Å². The average Bonchev–Trinajstić information content (AvgIpc) is 3.00. The molecule has 0 saturated heterocycles. The summed E-state index contributed by atoms with van der Waals surface area (Å²) in [4.78, 5) is 12.2. The molecule has 0 fully saturated rings. The SMILES string of the molecule is CC(=NNC(=O)c1ccccc1)c1nn(C)c(-c2ccc(C(C)(C)C)cc2)c1O. The highest BCUT2D eigenvalue weighted by atomic mass is 16.3. The number of rotatable bonds is 4. The highest BCUT2D eigenvalue weighted by Gasteiger charge is 2.20. The van der Waals surface area contributed by atoms with Gasteiger partial charge in [0, 0.05) is 18.2 Å². The second-order valence-electron chi connectivity index (χ2n) is 8.00. The van der Waals surface area contributed by atoms with Gasteiger partial charge in [0.15, 0.2) is 11.4 Å². The molecule has 6 heteroatoms. The molecule has 6 nitrogen and oxygen atoms in total. The highest BCUT2D eigenvalue weighted by molar-refractivity contribution is 6.02. The Kier molecular flexibility index (Phi) is 5.55. The first-order valence-corrected chi connectivity index (χ1v) is 9.45. The lowest BCUT2D eigenvalue weighted by atomic mass is 9.86. The molecule has 0 bridgehead atoms. The maximum Gasteiger partial charge on any atom is 0.271 e. The van der Waals surface area contributed by atoms with Crippen LogP contribution in [0.25, 0.3) is 11.3 Å². The molecule has 150 valence electrons. The Morgan fingerprint density at radius 1 is 1.07 bits per heavy atom. The molecule has 0 aliphatic heterocycles. The van der Waals surface area contributed by atoms with Crippen LogP contribution in [0.2, 0.25) is 0 Å². The van der Waals surface area contributed by atoms with Gasteiger partial charge in [0.05, 0.1) is 5.71 Å². The molecular formula is C23H26N4O2. The first-order chi connectivity index (χ1) is 13.7. The normalized spacial score (nSPS) is 12.1. The van der Waals surface area contributed by atoms with Crippen LogP contribution in [0.3, 0.4) is 0 Å². The van der Waals surface area contributed by atoms with Crippen molar-refractivity contribution >= 4 is 11.6 Å². The molecule has 0 radical (unpaired) electrons. The lowest BCUT2D eigenvalue weighted by Gasteiger charge is -2.19. The molecule has 1 heterocycles. The van der Waals surface area contributed by atoms with E-state index in [9.17, 15) is 9.90 Å². The molecule has 0 saturated carbocycles. The molecular weight excluding hydrogens is 364 g/mol. The Labute approximate surface area is 170 Å². The van der Waals surface area contributed by atoms with Crippen LogP contribution >= 0.6 is 0 Å². The van der Waals surface area contributed by atoms with Gasteiger partial charge in [-0.1, -0.05) is 63.2 Å². The molecule has 1 aromatic heterocycles. The van der Waals surface area contributed by atoms with Crippen molar-refractivity contribution < 1.29 is 9.90 Å². The Bertz CT molecular complexity index is 1040. The minimum atomic E-state index is -0.321. The quantitative estimate of drug-likeness (QED) is 0.516. The number of nitrogens with one attached hydrogen (secondary N) is 1. The third-order valence-corrected chi connectivity index (χ3v) is 4.75. The number of nitrogens with zero attached hydrogens (tertiary/aromatic N) is 3. The van der Waals surface area contributed by atoms with Gasteiger partial charge in [-0.25, -0.2) is 5.43 Å². The maximum absolute atomic E-state index is 12.2. The first-order valence-electron chi connectivity index (χ1n) is 9.45. The van der Waals surface area contributed by atoms with Crippen LogP contribution in [0.15, 0.2) is 59.7 Å². The minimum absolute atomic E-state index is 0.0335. The summed E-state index contributed by atoms with van der Waals surface area (Å²) in [5.74, 6) is -0.287. The topological polar surface area (TPSA) is 79.5 Å². The fourth-order valence-corrected chi connectivity index (χ4v) is 3.05. The zero-order chi connectivity index (χ0) is 21.2. The van der Waals surface area contributed by atoms with Gasteiger partial charge >= 0.3 is 0 Å². The molecule has 0 unspecified atom stereocenters. The minimum Gasteiger partial charge on any atom is -0.504 e. The van der Waals surface area contributed by atoms with Crippen LogP contribution in [0, 0.1) is 0 Å². The van der Waals surface area contributed by atoms with Crippen LogP contribution in [0.4, 0.5) is 0 Å². The number of aromatic hydroxyl groups is 1. The van der Waals surface area contributed by atoms with E-state index in [1.807, 2.05) is 18.2 Å². The molecule has 3 aromatic rings. The van der Waals surface area contributed by atoms with Crippen molar-refractivity contribution in [2.24, 2.45) is 12.1 Å². The second kappa shape index (κ2) is 7.91. The summed E-state index contributed by atoms with van der Waals surface area (Å²) >= 11 is 0. The Morgan fingerprint density at radius 3 is 2.28 bits per heavy atom. The van der Waals surface area contributed by atoms with Gasteiger partial charge in [-0.2, -0.15) is 10.2 Å². The third kappa shape index (κ3) is 4.37. The maximum atomic E-state index is 12.2. The number of aryl methyl sites for hydroxylation is 1. The number of carbonyl (C=O) groups excluding carboxylic acids is 1. The number of aromatic nitrogens is 2. The summed E-state index contributed by atoms with van der Waals surface area (Å²) in [6.07, 6.45) is 0. The van der Waals surface area contributed by atoms with Crippen LogP contribution in [0.5, 0.6) is 5.75 Å². The fraction of sp³-hybridized carbons (Fsp3) is 0.261. The second-order valence-corrected chi connectivity index (χ2v) is 8.00. The predicted molar refractivity (Wildman–Crippen MR) is 115 cm³/mol. The summed E-state index contributed by atoms with van der Waals surface area (Å²) in [6.45, 7) is 8.17. The first kappa shape index (κ1) is 20.3. The van der Waals surface area contributed by atoms with Crippen molar-refractivity contribution in [2.45, 2.75) is 33.1 Å². The summed E-state index contributed by atoms with van der Waals surface area (Å²) in [7, 11) is 1.77. The van der Waals surface area contributed by atoms with Gasteiger partial charge in [0.25, 0.3) is 5.91 Å². The number of carbonyl (C=O) groups is 1. The van der Waals surface area contributed by atoms with E-state index in [0.717, 1.165) is 5.56 Å². The van der Waals surface area contributed by atoms with Crippen molar-refractivity contribution in [1.29, 1.82) is 0 Å². The molecule has 2 aromatic carbocycles. The summed E-state index contributed by atoms with van der Waals surface area (Å²) in [6, 6.07) is 16.9. The number of amides is 1. The number of hydrogen-bond donors (Lipinski definition) is 2. The van der Waals surface area contributed by atoms with Gasteiger partial charge in [-0.15, -0.1) is 0 Å². The number of hydrazone groups is 1. The van der Waals surface area contributed by atoms with Gasteiger partial charge in [0.1, 0.15) is 5.69 Å². The largest absolute Gasteiger partial charge is 0.504 e. The predicted octanol–water partition coefficient (Wildman–Crippen LogP) is 4.24. The summed E-state index contributed by atoms with van der Waals surface area (Å²) < 4.78 is 1.62. The molecule has 0 aliphatic carbocycles. The number of benzene rings is 2. The van der Waals surface area contributed by atoms with E-state index in [0.29, 0.717) is 22.7 Å². The van der Waals surface area contributed by atoms with Crippen molar-refractivity contribution in [2.75, 3.05) is 0 Å². The smallest absolute Gasteiger partial charge is 0.271 e. The van der Waals surface area contributed by atoms with E-state index >= 15 is 0 Å². The Hall–Kier alpha value is -3.41. The monoisotopic (exact) mass is 390 g/mol. The van der Waals surface area contributed by atoms with E-state index in [2.05, 4.69) is 48.5 Å².